The van der Waals surface area contributed by atoms with Crippen LogP contribution in [0.3, 0.4) is 0 Å². The molecule has 0 saturated carbocycles. The van der Waals surface area contributed by atoms with Crippen molar-refractivity contribution in [2.75, 3.05) is 24.5 Å². The Morgan fingerprint density at radius 1 is 1.09 bits per heavy atom. The van der Waals surface area contributed by atoms with Crippen molar-refractivity contribution in [3.63, 3.8) is 0 Å². The van der Waals surface area contributed by atoms with E-state index in [4.69, 9.17) is 11.6 Å². The molecule has 0 spiro atoms. The molecular formula is C23H24ClN5O3S2. The van der Waals surface area contributed by atoms with Gasteiger partial charge in [0.25, 0.3) is 5.91 Å². The first kappa shape index (κ1) is 24.3. The van der Waals surface area contributed by atoms with Crippen LogP contribution < -0.4 is 4.90 Å². The van der Waals surface area contributed by atoms with Gasteiger partial charge < -0.3 is 0 Å². The van der Waals surface area contributed by atoms with Crippen molar-refractivity contribution in [2.45, 2.75) is 25.3 Å². The summed E-state index contributed by atoms with van der Waals surface area (Å²) < 4.78 is 29.6. The molecule has 0 aliphatic rings. The molecule has 2 aromatic carbocycles. The Hall–Kier alpha value is -2.79. The molecule has 8 nitrogen and oxygen atoms in total. The minimum atomic E-state index is -3.61. The van der Waals surface area contributed by atoms with E-state index in [-0.39, 0.29) is 10.8 Å². The van der Waals surface area contributed by atoms with Crippen LogP contribution in [0.25, 0.3) is 10.2 Å². The number of carbonyl (C=O) groups is 1. The number of thiazole rings is 1. The first-order valence-corrected chi connectivity index (χ1v) is 13.4. The molecule has 0 fully saturated rings. The summed E-state index contributed by atoms with van der Waals surface area (Å²) in [7, 11) is -3.61. The van der Waals surface area contributed by atoms with Crippen molar-refractivity contribution in [1.82, 2.24) is 19.1 Å². The predicted molar refractivity (Wildman–Crippen MR) is 135 cm³/mol. The van der Waals surface area contributed by atoms with Gasteiger partial charge in [-0.15, -0.1) is 0 Å². The van der Waals surface area contributed by atoms with Crippen LogP contribution in [-0.4, -0.2) is 53.0 Å². The second kappa shape index (κ2) is 10.2. The van der Waals surface area contributed by atoms with Gasteiger partial charge in [0.1, 0.15) is 5.52 Å². The third-order valence-electron chi connectivity index (χ3n) is 5.39. The number of halogens is 1. The van der Waals surface area contributed by atoms with Crippen LogP contribution in [0, 0.1) is 0 Å². The molecule has 34 heavy (non-hydrogen) atoms. The molecule has 0 atom stereocenters. The van der Waals surface area contributed by atoms with E-state index in [1.807, 2.05) is 24.4 Å². The van der Waals surface area contributed by atoms with Gasteiger partial charge in [-0.1, -0.05) is 42.9 Å². The number of aromatic nitrogens is 3. The molecule has 0 unspecified atom stereocenters. The zero-order valence-corrected chi connectivity index (χ0v) is 21.1. The third-order valence-corrected chi connectivity index (χ3v) is 8.80. The van der Waals surface area contributed by atoms with Crippen molar-refractivity contribution in [1.29, 1.82) is 0 Å². The maximum Gasteiger partial charge on any atom is 0.260 e. The molecule has 2 heterocycles. The lowest BCUT2D eigenvalue weighted by Gasteiger charge is -2.21. The summed E-state index contributed by atoms with van der Waals surface area (Å²) in [6.07, 6.45) is 3.50. The Morgan fingerprint density at radius 2 is 1.82 bits per heavy atom. The zero-order chi connectivity index (χ0) is 24.3. The fourth-order valence-corrected chi connectivity index (χ4v) is 6.32. The van der Waals surface area contributed by atoms with Crippen LogP contribution in [0.2, 0.25) is 5.02 Å². The Morgan fingerprint density at radius 3 is 2.44 bits per heavy atom. The van der Waals surface area contributed by atoms with E-state index in [0.717, 1.165) is 4.70 Å². The van der Waals surface area contributed by atoms with Gasteiger partial charge in [-0.25, -0.2) is 13.4 Å². The number of hydrogen-bond donors (Lipinski definition) is 0. The molecule has 0 saturated heterocycles. The largest absolute Gasteiger partial charge is 0.282 e. The first-order valence-electron chi connectivity index (χ1n) is 10.8. The van der Waals surface area contributed by atoms with Crippen LogP contribution in [-0.2, 0) is 16.6 Å². The van der Waals surface area contributed by atoms with Crippen molar-refractivity contribution >= 4 is 54.2 Å². The van der Waals surface area contributed by atoms with Crippen molar-refractivity contribution in [2.24, 2.45) is 0 Å². The average molecular weight is 518 g/mol. The van der Waals surface area contributed by atoms with E-state index in [0.29, 0.717) is 47.4 Å². The number of amides is 1. The summed E-state index contributed by atoms with van der Waals surface area (Å²) in [5.74, 6) is -0.283. The Bertz CT molecular complexity index is 1380. The average Bonchev–Trinajstić information content (AvgIpc) is 3.51. The molecule has 0 aliphatic heterocycles. The molecule has 2 aromatic heterocycles. The number of nitrogens with zero attached hydrogens (tertiary/aromatic N) is 5. The fraction of sp³-hybridized carbons (Fsp3) is 0.261. The zero-order valence-electron chi connectivity index (χ0n) is 18.8. The maximum atomic E-state index is 13.5. The predicted octanol–water partition coefficient (Wildman–Crippen LogP) is 4.52. The number of benzene rings is 2. The Labute approximate surface area is 207 Å². The van der Waals surface area contributed by atoms with Crippen LogP contribution >= 0.6 is 22.9 Å². The van der Waals surface area contributed by atoms with Gasteiger partial charge in [0.2, 0.25) is 10.0 Å². The highest BCUT2D eigenvalue weighted by molar-refractivity contribution is 7.89. The van der Waals surface area contributed by atoms with Gasteiger partial charge in [-0.05, 0) is 42.5 Å². The van der Waals surface area contributed by atoms with Crippen LogP contribution in [0.5, 0.6) is 0 Å². The van der Waals surface area contributed by atoms with Gasteiger partial charge in [0.15, 0.2) is 5.13 Å². The van der Waals surface area contributed by atoms with E-state index >= 15 is 0 Å². The lowest BCUT2D eigenvalue weighted by Crippen LogP contribution is -2.34. The highest BCUT2D eigenvalue weighted by Gasteiger charge is 2.25. The number of fused-ring (bicyclic) bond motifs is 1. The monoisotopic (exact) mass is 517 g/mol. The molecule has 178 valence electrons. The number of para-hydroxylation sites is 1. The molecule has 0 radical (unpaired) electrons. The number of hydrogen-bond acceptors (Lipinski definition) is 6. The molecule has 0 N–H and O–H groups in total. The molecule has 4 aromatic rings. The number of sulfonamides is 1. The minimum Gasteiger partial charge on any atom is -0.282 e. The van der Waals surface area contributed by atoms with E-state index in [1.54, 1.807) is 47.8 Å². The molecule has 1 amide bonds. The smallest absolute Gasteiger partial charge is 0.260 e. The summed E-state index contributed by atoms with van der Waals surface area (Å²) in [5.41, 5.74) is 1.01. The van der Waals surface area contributed by atoms with Crippen molar-refractivity contribution < 1.29 is 13.2 Å². The minimum absolute atomic E-state index is 0.155. The Kier molecular flexibility index (Phi) is 7.32. The van der Waals surface area contributed by atoms with Crippen LogP contribution in [0.15, 0.2) is 65.8 Å². The Balaban J connectivity index is 1.66. The van der Waals surface area contributed by atoms with E-state index < -0.39 is 10.0 Å². The highest BCUT2D eigenvalue weighted by Crippen LogP contribution is 2.33. The maximum absolute atomic E-state index is 13.5. The molecule has 11 heteroatoms. The lowest BCUT2D eigenvalue weighted by molar-refractivity contribution is 0.0985. The first-order chi connectivity index (χ1) is 16.3. The number of rotatable bonds is 9. The molecule has 0 bridgehead atoms. The fourth-order valence-electron chi connectivity index (χ4n) is 3.58. The molecule has 0 aliphatic carbocycles. The van der Waals surface area contributed by atoms with E-state index in [1.165, 1.54) is 27.8 Å². The standard InChI is InChI=1S/C23H24ClN5O3S2/c1-3-28(4-2)34(31,32)18-11-9-17(10-12-18)22(30)29(16-15-27-14-6-13-25-27)23-26-21-19(24)7-5-8-20(21)33-23/h5-14H,3-4,15-16H2,1-2H3. The normalized spacial score (nSPS) is 11.9. The van der Waals surface area contributed by atoms with E-state index in [9.17, 15) is 13.2 Å². The lowest BCUT2D eigenvalue weighted by atomic mass is 10.2. The SMILES string of the molecule is CCN(CC)S(=O)(=O)c1ccc(C(=O)N(CCn2cccn2)c2nc3c(Cl)cccc3s2)cc1. The summed E-state index contributed by atoms with van der Waals surface area (Å²) in [6.45, 7) is 5.14. The number of anilines is 1. The topological polar surface area (TPSA) is 88.4 Å². The quantitative estimate of drug-likeness (QED) is 0.325. The third kappa shape index (κ3) is 4.85. The van der Waals surface area contributed by atoms with Crippen LogP contribution in [0.4, 0.5) is 5.13 Å². The van der Waals surface area contributed by atoms with Gasteiger partial charge in [-0.2, -0.15) is 9.40 Å². The van der Waals surface area contributed by atoms with Crippen molar-refractivity contribution in [3.05, 3.63) is 71.5 Å². The molecule has 4 rings (SSSR count). The van der Waals surface area contributed by atoms with Crippen molar-refractivity contribution in [3.8, 4) is 0 Å². The highest BCUT2D eigenvalue weighted by atomic mass is 35.5. The second-order valence-corrected chi connectivity index (χ2v) is 10.8. The molecular weight excluding hydrogens is 494 g/mol. The van der Waals surface area contributed by atoms with Crippen LogP contribution in [0.1, 0.15) is 24.2 Å². The van der Waals surface area contributed by atoms with Gasteiger partial charge in [0, 0.05) is 37.6 Å². The summed E-state index contributed by atoms with van der Waals surface area (Å²) >= 11 is 7.68. The van der Waals surface area contributed by atoms with Gasteiger partial charge in [0.05, 0.1) is 21.2 Å². The second-order valence-electron chi connectivity index (χ2n) is 7.42. The summed E-state index contributed by atoms with van der Waals surface area (Å²) in [4.78, 5) is 19.9. The summed E-state index contributed by atoms with van der Waals surface area (Å²) in [5, 5.41) is 5.24. The van der Waals surface area contributed by atoms with Gasteiger partial charge in [-0.3, -0.25) is 14.4 Å². The van der Waals surface area contributed by atoms with E-state index in [2.05, 4.69) is 10.1 Å². The van der Waals surface area contributed by atoms with Gasteiger partial charge >= 0.3 is 0 Å². The number of carbonyl (C=O) groups excluding carboxylic acids is 1. The summed E-state index contributed by atoms with van der Waals surface area (Å²) in [6, 6.07) is 13.4.